The van der Waals surface area contributed by atoms with E-state index in [9.17, 15) is 19.5 Å². The zero-order chi connectivity index (χ0) is 17.0. The number of ketones is 3. The standard InChI is InChI=1S/C19H14O5/c1-9(20)15-7-12-14(8-24-15)17(21)13-6-10-4-2-3-5-11(10)18(22)16(13)19(12)23/h2-6,8,12,15,22H,7H2,1H3. The van der Waals surface area contributed by atoms with E-state index in [1.165, 1.54) is 13.2 Å². The van der Waals surface area contributed by atoms with Gasteiger partial charge in [0.1, 0.15) is 5.75 Å². The molecule has 0 amide bonds. The molecule has 0 saturated carbocycles. The highest BCUT2D eigenvalue weighted by molar-refractivity contribution is 6.26. The third kappa shape index (κ3) is 1.91. The van der Waals surface area contributed by atoms with Crippen molar-refractivity contribution in [2.24, 2.45) is 5.92 Å². The molecule has 2 atom stereocenters. The SMILES string of the molecule is CC(=O)C1CC2C(=O)c3c(cc4ccccc4c3O)C(=O)C2=CO1. The molecule has 4 rings (SSSR count). The van der Waals surface area contributed by atoms with E-state index >= 15 is 0 Å². The Balaban J connectivity index is 1.94. The van der Waals surface area contributed by atoms with Crippen LogP contribution < -0.4 is 0 Å². The number of hydrogen-bond donors (Lipinski definition) is 1. The van der Waals surface area contributed by atoms with Crippen molar-refractivity contribution in [1.82, 2.24) is 0 Å². The van der Waals surface area contributed by atoms with Crippen LogP contribution in [0.25, 0.3) is 10.8 Å². The monoisotopic (exact) mass is 322 g/mol. The fraction of sp³-hybridized carbons (Fsp3) is 0.211. The molecule has 2 aromatic carbocycles. The number of benzene rings is 2. The summed E-state index contributed by atoms with van der Waals surface area (Å²) >= 11 is 0. The number of carbonyl (C=O) groups excluding carboxylic acids is 3. The Bertz CT molecular complexity index is 954. The van der Waals surface area contributed by atoms with Crippen LogP contribution in [0.15, 0.2) is 42.2 Å². The number of aromatic hydroxyl groups is 1. The Kier molecular flexibility index (Phi) is 3.06. The summed E-state index contributed by atoms with van der Waals surface area (Å²) in [6, 6.07) is 8.66. The van der Waals surface area contributed by atoms with Crippen molar-refractivity contribution in [3.63, 3.8) is 0 Å². The number of allylic oxidation sites excluding steroid dienone is 1. The Morgan fingerprint density at radius 1 is 1.25 bits per heavy atom. The molecule has 1 heterocycles. The van der Waals surface area contributed by atoms with Crippen LogP contribution in [0.5, 0.6) is 5.75 Å². The van der Waals surface area contributed by atoms with E-state index in [-0.39, 0.29) is 46.2 Å². The second-order valence-corrected chi connectivity index (χ2v) is 6.16. The number of ether oxygens (including phenoxy) is 1. The van der Waals surface area contributed by atoms with E-state index in [4.69, 9.17) is 4.74 Å². The summed E-state index contributed by atoms with van der Waals surface area (Å²) in [7, 11) is 0. The van der Waals surface area contributed by atoms with Crippen molar-refractivity contribution in [3.8, 4) is 5.75 Å². The number of fused-ring (bicyclic) bond motifs is 3. The predicted molar refractivity (Wildman–Crippen MR) is 86.0 cm³/mol. The van der Waals surface area contributed by atoms with Crippen molar-refractivity contribution in [3.05, 3.63) is 53.3 Å². The Morgan fingerprint density at radius 3 is 2.75 bits per heavy atom. The van der Waals surface area contributed by atoms with Gasteiger partial charge in [-0.25, -0.2) is 0 Å². The maximum atomic E-state index is 12.9. The van der Waals surface area contributed by atoms with E-state index in [2.05, 4.69) is 0 Å². The van der Waals surface area contributed by atoms with Gasteiger partial charge in [0, 0.05) is 22.9 Å². The molecular weight excluding hydrogens is 308 g/mol. The maximum Gasteiger partial charge on any atom is 0.193 e. The van der Waals surface area contributed by atoms with Crippen LogP contribution in [0.1, 0.15) is 34.1 Å². The molecule has 0 fully saturated rings. The molecule has 5 nitrogen and oxygen atoms in total. The van der Waals surface area contributed by atoms with Gasteiger partial charge in [-0.3, -0.25) is 14.4 Å². The van der Waals surface area contributed by atoms with Crippen LogP contribution in [-0.4, -0.2) is 28.6 Å². The minimum absolute atomic E-state index is 0.0463. The third-order valence-corrected chi connectivity index (χ3v) is 4.73. The van der Waals surface area contributed by atoms with Gasteiger partial charge in [0.25, 0.3) is 0 Å². The van der Waals surface area contributed by atoms with Crippen molar-refractivity contribution in [2.75, 3.05) is 0 Å². The minimum Gasteiger partial charge on any atom is -0.507 e. The van der Waals surface area contributed by atoms with Gasteiger partial charge in [0.15, 0.2) is 23.5 Å². The van der Waals surface area contributed by atoms with E-state index in [0.29, 0.717) is 10.8 Å². The first kappa shape index (κ1) is 14.6. The number of hydrogen-bond acceptors (Lipinski definition) is 5. The van der Waals surface area contributed by atoms with Crippen molar-refractivity contribution in [1.29, 1.82) is 0 Å². The van der Waals surface area contributed by atoms with Gasteiger partial charge in [-0.2, -0.15) is 0 Å². The lowest BCUT2D eigenvalue weighted by molar-refractivity contribution is -0.126. The number of phenolic OH excluding ortho intramolecular Hbond substituents is 1. The Morgan fingerprint density at radius 2 is 2.00 bits per heavy atom. The van der Waals surface area contributed by atoms with E-state index < -0.39 is 12.0 Å². The highest BCUT2D eigenvalue weighted by Gasteiger charge is 2.43. The molecule has 2 aliphatic rings. The van der Waals surface area contributed by atoms with Crippen LogP contribution in [0, 0.1) is 5.92 Å². The number of phenols is 1. The maximum absolute atomic E-state index is 12.9. The summed E-state index contributed by atoms with van der Waals surface area (Å²) in [6.45, 7) is 1.39. The predicted octanol–water partition coefficient (Wildman–Crippen LogP) is 2.80. The Labute approximate surface area is 137 Å². The number of carbonyl (C=O) groups is 3. The number of Topliss-reactive ketones (excluding diaryl/α,β-unsaturated/α-hetero) is 3. The van der Waals surface area contributed by atoms with Crippen LogP contribution in [0.3, 0.4) is 0 Å². The zero-order valence-electron chi connectivity index (χ0n) is 12.9. The molecule has 120 valence electrons. The fourth-order valence-electron chi connectivity index (χ4n) is 3.44. The summed E-state index contributed by atoms with van der Waals surface area (Å²) in [6.07, 6.45) is 0.618. The molecule has 0 bridgehead atoms. The highest BCUT2D eigenvalue weighted by Crippen LogP contribution is 2.42. The van der Waals surface area contributed by atoms with Crippen molar-refractivity contribution < 1.29 is 24.2 Å². The molecule has 5 heteroatoms. The average molecular weight is 322 g/mol. The smallest absolute Gasteiger partial charge is 0.193 e. The molecule has 24 heavy (non-hydrogen) atoms. The molecular formula is C19H14O5. The lowest BCUT2D eigenvalue weighted by Gasteiger charge is -2.31. The number of rotatable bonds is 1. The van der Waals surface area contributed by atoms with Gasteiger partial charge in [-0.15, -0.1) is 0 Å². The van der Waals surface area contributed by atoms with Gasteiger partial charge < -0.3 is 9.84 Å². The van der Waals surface area contributed by atoms with Crippen LogP contribution in [-0.2, 0) is 9.53 Å². The van der Waals surface area contributed by atoms with E-state index in [0.717, 1.165) is 0 Å². The topological polar surface area (TPSA) is 80.7 Å². The summed E-state index contributed by atoms with van der Waals surface area (Å²) < 4.78 is 5.31. The van der Waals surface area contributed by atoms with Crippen LogP contribution in [0.4, 0.5) is 0 Å². The van der Waals surface area contributed by atoms with Gasteiger partial charge in [0.05, 0.1) is 17.7 Å². The van der Waals surface area contributed by atoms with Crippen LogP contribution in [0.2, 0.25) is 0 Å². The van der Waals surface area contributed by atoms with Crippen LogP contribution >= 0.6 is 0 Å². The van der Waals surface area contributed by atoms with Gasteiger partial charge in [-0.1, -0.05) is 24.3 Å². The fourth-order valence-corrected chi connectivity index (χ4v) is 3.44. The van der Waals surface area contributed by atoms with E-state index in [1.807, 2.05) is 0 Å². The van der Waals surface area contributed by atoms with Gasteiger partial charge in [0.2, 0.25) is 0 Å². The largest absolute Gasteiger partial charge is 0.507 e. The molecule has 2 unspecified atom stereocenters. The highest BCUT2D eigenvalue weighted by atomic mass is 16.5. The lowest BCUT2D eigenvalue weighted by atomic mass is 9.74. The summed E-state index contributed by atoms with van der Waals surface area (Å²) in [5.74, 6) is -1.79. The molecule has 1 aliphatic carbocycles. The molecule has 0 saturated heterocycles. The zero-order valence-corrected chi connectivity index (χ0v) is 12.9. The molecule has 0 radical (unpaired) electrons. The van der Waals surface area contributed by atoms with Crippen molar-refractivity contribution in [2.45, 2.75) is 19.4 Å². The van der Waals surface area contributed by atoms with E-state index in [1.54, 1.807) is 30.3 Å². The minimum atomic E-state index is -0.750. The molecule has 1 N–H and O–H groups in total. The normalized spacial score (nSPS) is 22.5. The summed E-state index contributed by atoms with van der Waals surface area (Å²) in [4.78, 5) is 37.2. The Hall–Kier alpha value is -2.95. The summed E-state index contributed by atoms with van der Waals surface area (Å²) in [5, 5.41) is 11.8. The quantitative estimate of drug-likeness (QED) is 0.873. The second kappa shape index (κ2) is 5.03. The molecule has 2 aromatic rings. The van der Waals surface area contributed by atoms with Gasteiger partial charge in [-0.05, 0) is 18.4 Å². The third-order valence-electron chi connectivity index (χ3n) is 4.73. The lowest BCUT2D eigenvalue weighted by Crippen LogP contribution is -2.38. The molecule has 0 spiro atoms. The second-order valence-electron chi connectivity index (χ2n) is 6.16. The molecule has 1 aliphatic heterocycles. The average Bonchev–Trinajstić information content (AvgIpc) is 2.59. The first-order valence-corrected chi connectivity index (χ1v) is 7.68. The first-order chi connectivity index (χ1) is 11.5. The molecule has 0 aromatic heterocycles. The first-order valence-electron chi connectivity index (χ1n) is 7.68. The van der Waals surface area contributed by atoms with Crippen molar-refractivity contribution >= 4 is 28.1 Å². The summed E-state index contributed by atoms with van der Waals surface area (Å²) in [5.41, 5.74) is 0.480. The van der Waals surface area contributed by atoms with Gasteiger partial charge >= 0.3 is 0 Å².